The maximum Gasteiger partial charge on any atom is 0.276 e. The Kier molecular flexibility index (Phi) is 6.22. The lowest BCUT2D eigenvalue weighted by atomic mass is 10.3. The normalized spacial score (nSPS) is 10.7. The number of furan rings is 1. The summed E-state index contributed by atoms with van der Waals surface area (Å²) < 4.78 is 13.7. The molecule has 0 aliphatic heterocycles. The standard InChI is InChI=1S/C21H19ClN6O4/c1-27-12-17(19(26-27)21(30)23-11-14-5-4-10-31-14)24-20(29)16-8-9-28(25-16)13-32-18-7-3-2-6-15(18)22/h2-10,12H,11,13H2,1H3,(H,23,30)(H,24,29). The van der Waals surface area contributed by atoms with Gasteiger partial charge in [0.15, 0.2) is 18.1 Å². The second-order valence-corrected chi connectivity index (χ2v) is 7.13. The maximum atomic E-state index is 12.7. The van der Waals surface area contributed by atoms with E-state index >= 15 is 0 Å². The van der Waals surface area contributed by atoms with Gasteiger partial charge in [-0.15, -0.1) is 0 Å². The van der Waals surface area contributed by atoms with Crippen molar-refractivity contribution >= 4 is 29.1 Å². The van der Waals surface area contributed by atoms with Crippen LogP contribution in [0.1, 0.15) is 26.7 Å². The van der Waals surface area contributed by atoms with Crippen molar-refractivity contribution < 1.29 is 18.7 Å². The molecule has 0 fully saturated rings. The number of hydrogen-bond acceptors (Lipinski definition) is 6. The van der Waals surface area contributed by atoms with Crippen LogP contribution in [0.3, 0.4) is 0 Å². The number of carbonyl (C=O) groups is 2. The van der Waals surface area contributed by atoms with E-state index in [1.165, 1.54) is 27.9 Å². The van der Waals surface area contributed by atoms with Gasteiger partial charge in [-0.25, -0.2) is 4.68 Å². The zero-order valence-corrected chi connectivity index (χ0v) is 17.7. The average molecular weight is 455 g/mol. The van der Waals surface area contributed by atoms with Crippen LogP contribution in [0.15, 0.2) is 65.5 Å². The fraction of sp³-hybridized carbons (Fsp3) is 0.143. The molecule has 0 bridgehead atoms. The van der Waals surface area contributed by atoms with Gasteiger partial charge < -0.3 is 19.8 Å². The average Bonchev–Trinajstić information content (AvgIpc) is 3.53. The minimum atomic E-state index is -0.491. The first-order valence-corrected chi connectivity index (χ1v) is 9.94. The monoisotopic (exact) mass is 454 g/mol. The smallest absolute Gasteiger partial charge is 0.276 e. The topological polar surface area (TPSA) is 116 Å². The summed E-state index contributed by atoms with van der Waals surface area (Å²) in [5, 5.41) is 14.2. The maximum absolute atomic E-state index is 12.7. The number of halogens is 1. The number of para-hydroxylation sites is 1. The number of hydrogen-bond donors (Lipinski definition) is 2. The Morgan fingerprint density at radius 1 is 1.12 bits per heavy atom. The van der Waals surface area contributed by atoms with E-state index in [0.717, 1.165) is 0 Å². The molecule has 3 heterocycles. The fourth-order valence-corrected chi connectivity index (χ4v) is 3.04. The van der Waals surface area contributed by atoms with Crippen LogP contribution in [0.25, 0.3) is 0 Å². The second-order valence-electron chi connectivity index (χ2n) is 6.73. The number of aryl methyl sites for hydroxylation is 1. The molecule has 1 aromatic carbocycles. The number of amides is 2. The van der Waals surface area contributed by atoms with E-state index in [1.54, 1.807) is 49.6 Å². The van der Waals surface area contributed by atoms with Crippen LogP contribution in [0.4, 0.5) is 5.69 Å². The van der Waals surface area contributed by atoms with Gasteiger partial charge in [-0.1, -0.05) is 23.7 Å². The van der Waals surface area contributed by atoms with Crippen molar-refractivity contribution in [3.05, 3.63) is 83.3 Å². The molecule has 0 atom stereocenters. The SMILES string of the molecule is Cn1cc(NC(=O)c2ccn(COc3ccccc3Cl)n2)c(C(=O)NCc2ccco2)n1. The van der Waals surface area contributed by atoms with Gasteiger partial charge in [-0.3, -0.25) is 14.3 Å². The molecule has 0 saturated heterocycles. The van der Waals surface area contributed by atoms with E-state index in [2.05, 4.69) is 20.8 Å². The zero-order valence-electron chi connectivity index (χ0n) is 17.0. The van der Waals surface area contributed by atoms with Crippen molar-refractivity contribution in [3.8, 4) is 5.75 Å². The molecule has 3 aromatic heterocycles. The van der Waals surface area contributed by atoms with Gasteiger partial charge in [0.25, 0.3) is 11.8 Å². The third kappa shape index (κ3) is 4.98. The second kappa shape index (κ2) is 9.40. The molecule has 0 radical (unpaired) electrons. The Hall–Kier alpha value is -4.05. The van der Waals surface area contributed by atoms with Crippen LogP contribution in [-0.2, 0) is 20.3 Å². The first kappa shape index (κ1) is 21.2. The highest BCUT2D eigenvalue weighted by Crippen LogP contribution is 2.23. The van der Waals surface area contributed by atoms with E-state index < -0.39 is 11.8 Å². The van der Waals surface area contributed by atoms with Crippen molar-refractivity contribution in [1.29, 1.82) is 0 Å². The number of ether oxygens (including phenoxy) is 1. The first-order chi connectivity index (χ1) is 15.5. The van der Waals surface area contributed by atoms with E-state index in [4.69, 9.17) is 20.8 Å². The van der Waals surface area contributed by atoms with Crippen LogP contribution in [-0.4, -0.2) is 31.4 Å². The molecule has 4 rings (SSSR count). The molecule has 0 aliphatic carbocycles. The van der Waals surface area contributed by atoms with Crippen LogP contribution in [0.2, 0.25) is 5.02 Å². The molecule has 4 aromatic rings. The lowest BCUT2D eigenvalue weighted by Crippen LogP contribution is -2.25. The summed E-state index contributed by atoms with van der Waals surface area (Å²) in [6, 6.07) is 12.1. The molecule has 0 aliphatic rings. The van der Waals surface area contributed by atoms with Crippen molar-refractivity contribution in [1.82, 2.24) is 24.9 Å². The number of carbonyl (C=O) groups excluding carboxylic acids is 2. The number of nitrogens with one attached hydrogen (secondary N) is 2. The van der Waals surface area contributed by atoms with Gasteiger partial charge in [-0.05, 0) is 30.3 Å². The molecular formula is C21H19ClN6O4. The third-order valence-electron chi connectivity index (χ3n) is 4.36. The van der Waals surface area contributed by atoms with Crippen molar-refractivity contribution in [2.75, 3.05) is 5.32 Å². The molecule has 2 amide bonds. The predicted octanol–water partition coefficient (Wildman–Crippen LogP) is 3.08. The van der Waals surface area contributed by atoms with E-state index in [1.807, 2.05) is 0 Å². The summed E-state index contributed by atoms with van der Waals surface area (Å²) in [5.41, 5.74) is 0.490. The Morgan fingerprint density at radius 2 is 1.97 bits per heavy atom. The minimum absolute atomic E-state index is 0.0738. The first-order valence-electron chi connectivity index (χ1n) is 9.56. The van der Waals surface area contributed by atoms with Crippen LogP contribution >= 0.6 is 11.6 Å². The number of nitrogens with zero attached hydrogens (tertiary/aromatic N) is 4. The van der Waals surface area contributed by atoms with Gasteiger partial charge in [0.05, 0.1) is 23.5 Å². The van der Waals surface area contributed by atoms with E-state index in [9.17, 15) is 9.59 Å². The van der Waals surface area contributed by atoms with Crippen LogP contribution < -0.4 is 15.4 Å². The summed E-state index contributed by atoms with van der Waals surface area (Å²) in [6.07, 6.45) is 4.66. The highest BCUT2D eigenvalue weighted by Gasteiger charge is 2.20. The van der Waals surface area contributed by atoms with Gasteiger partial charge in [0, 0.05) is 19.4 Å². The molecule has 164 valence electrons. The highest BCUT2D eigenvalue weighted by atomic mass is 35.5. The van der Waals surface area contributed by atoms with Gasteiger partial charge in [0.2, 0.25) is 0 Å². The number of anilines is 1. The summed E-state index contributed by atoms with van der Waals surface area (Å²) in [4.78, 5) is 25.2. The Labute approximate surface area is 187 Å². The Bertz CT molecular complexity index is 1230. The molecule has 0 spiro atoms. The molecule has 11 heteroatoms. The van der Waals surface area contributed by atoms with Gasteiger partial charge in [-0.2, -0.15) is 10.2 Å². The number of aromatic nitrogens is 4. The largest absolute Gasteiger partial charge is 0.470 e. The minimum Gasteiger partial charge on any atom is -0.470 e. The third-order valence-corrected chi connectivity index (χ3v) is 4.67. The number of rotatable bonds is 8. The Balaban J connectivity index is 1.39. The lowest BCUT2D eigenvalue weighted by Gasteiger charge is -2.07. The molecule has 32 heavy (non-hydrogen) atoms. The summed E-state index contributed by atoms with van der Waals surface area (Å²) in [5.74, 6) is 0.172. The quantitative estimate of drug-likeness (QED) is 0.422. The summed E-state index contributed by atoms with van der Waals surface area (Å²) in [6.45, 7) is 0.274. The molecule has 10 nitrogen and oxygen atoms in total. The van der Waals surface area contributed by atoms with Gasteiger partial charge >= 0.3 is 0 Å². The van der Waals surface area contributed by atoms with E-state index in [-0.39, 0.29) is 30.4 Å². The van der Waals surface area contributed by atoms with Gasteiger partial charge in [0.1, 0.15) is 11.5 Å². The van der Waals surface area contributed by atoms with Crippen molar-refractivity contribution in [2.45, 2.75) is 13.3 Å². The number of benzene rings is 1. The predicted molar refractivity (Wildman–Crippen MR) is 115 cm³/mol. The Morgan fingerprint density at radius 3 is 2.75 bits per heavy atom. The molecule has 2 N–H and O–H groups in total. The van der Waals surface area contributed by atoms with E-state index in [0.29, 0.717) is 16.5 Å². The summed E-state index contributed by atoms with van der Waals surface area (Å²) in [7, 11) is 1.65. The highest BCUT2D eigenvalue weighted by molar-refractivity contribution is 6.32. The fourth-order valence-electron chi connectivity index (χ4n) is 2.85. The van der Waals surface area contributed by atoms with Crippen LogP contribution in [0.5, 0.6) is 5.75 Å². The summed E-state index contributed by atoms with van der Waals surface area (Å²) >= 11 is 6.07. The lowest BCUT2D eigenvalue weighted by molar-refractivity contribution is 0.0943. The molecule has 0 unspecified atom stereocenters. The van der Waals surface area contributed by atoms with Crippen LogP contribution in [0, 0.1) is 0 Å². The molecule has 0 saturated carbocycles. The zero-order chi connectivity index (χ0) is 22.5. The van der Waals surface area contributed by atoms with Crippen molar-refractivity contribution in [2.24, 2.45) is 7.05 Å². The molecular weight excluding hydrogens is 436 g/mol. The van der Waals surface area contributed by atoms with Crippen molar-refractivity contribution in [3.63, 3.8) is 0 Å².